The summed E-state index contributed by atoms with van der Waals surface area (Å²) in [4.78, 5) is 18.4. The molecule has 3 aromatic heterocycles. The van der Waals surface area contributed by atoms with Crippen molar-refractivity contribution in [2.24, 2.45) is 0 Å². The summed E-state index contributed by atoms with van der Waals surface area (Å²) >= 11 is 0. The van der Waals surface area contributed by atoms with E-state index in [0.717, 1.165) is 25.6 Å². The fraction of sp³-hybridized carbons (Fsp3) is 0.667. The molecule has 308 valence electrons. The van der Waals surface area contributed by atoms with Gasteiger partial charge in [0.05, 0.1) is 31.7 Å². The Balaban J connectivity index is 1.18. The van der Waals surface area contributed by atoms with Crippen molar-refractivity contribution < 1.29 is 42.9 Å². The second-order valence-electron chi connectivity index (χ2n) is 14.3. The molecule has 1 aliphatic rings. The first kappa shape index (κ1) is 45.0. The maximum absolute atomic E-state index is 13.0. The molecule has 0 spiro atoms. The van der Waals surface area contributed by atoms with Gasteiger partial charge in [0.15, 0.2) is 5.82 Å². The summed E-state index contributed by atoms with van der Waals surface area (Å²) in [6.07, 6.45) is 17.1. The van der Waals surface area contributed by atoms with Gasteiger partial charge in [-0.25, -0.2) is 19.0 Å². The number of aromatic nitrogens is 4. The molecule has 1 unspecified atom stereocenters. The maximum Gasteiger partial charge on any atom is 0.472 e. The topological polar surface area (TPSA) is 241 Å². The summed E-state index contributed by atoms with van der Waals surface area (Å²) in [7, 11) is -4.79. The molecule has 56 heavy (non-hydrogen) atoms. The lowest BCUT2D eigenvalue weighted by molar-refractivity contribution is -0.0651. The number of anilines is 1. The number of phosphoric acid groups is 1. The maximum atomic E-state index is 13.0. The molecule has 5 N–H and O–H groups in total. The van der Waals surface area contributed by atoms with Crippen LogP contribution in [0.15, 0.2) is 36.8 Å². The first-order chi connectivity index (χ1) is 27.1. The molecule has 1 aliphatic heterocycles. The van der Waals surface area contributed by atoms with Crippen LogP contribution in [0.4, 0.5) is 5.82 Å². The van der Waals surface area contributed by atoms with Crippen molar-refractivity contribution in [3.05, 3.63) is 48.2 Å². The molecule has 16 nitrogen and oxygen atoms in total. The Kier molecular flexibility index (Phi) is 18.9. The van der Waals surface area contributed by atoms with Gasteiger partial charge in [-0.05, 0) is 30.7 Å². The van der Waals surface area contributed by atoms with E-state index in [0.29, 0.717) is 17.9 Å². The van der Waals surface area contributed by atoms with E-state index in [9.17, 15) is 24.9 Å². The van der Waals surface area contributed by atoms with Crippen LogP contribution in [0.25, 0.3) is 5.52 Å². The normalized spacial score (nSPS) is 21.1. The van der Waals surface area contributed by atoms with E-state index in [1.54, 1.807) is 6.07 Å². The number of unbranched alkanes of at least 4 members (excludes halogenated alkanes) is 15. The number of nitrogen functional groups attached to an aromatic ring is 1. The molecule has 0 amide bonds. The molecule has 1 fully saturated rings. The summed E-state index contributed by atoms with van der Waals surface area (Å²) in [5, 5.41) is 45.0. The van der Waals surface area contributed by atoms with Crippen LogP contribution in [-0.2, 0) is 28.7 Å². The summed E-state index contributed by atoms with van der Waals surface area (Å²) in [5.41, 5.74) is 4.40. The molecule has 3 aromatic rings. The highest BCUT2D eigenvalue weighted by Gasteiger charge is 2.58. The fourth-order valence-corrected chi connectivity index (χ4v) is 7.49. The summed E-state index contributed by atoms with van der Waals surface area (Å²) < 4.78 is 42.2. The number of nitrogens with two attached hydrogens (primary N) is 1. The van der Waals surface area contributed by atoms with Crippen molar-refractivity contribution in [2.45, 2.75) is 140 Å². The number of aliphatic hydroxyl groups excluding tert-OH is 2. The molecule has 0 bridgehead atoms. The third-order valence-corrected chi connectivity index (χ3v) is 10.9. The number of hydrogen-bond acceptors (Lipinski definition) is 14. The first-order valence-electron chi connectivity index (χ1n) is 19.9. The van der Waals surface area contributed by atoms with Crippen LogP contribution in [-0.4, -0.2) is 85.5 Å². The van der Waals surface area contributed by atoms with Gasteiger partial charge >= 0.3 is 7.82 Å². The van der Waals surface area contributed by atoms with Gasteiger partial charge in [0.1, 0.15) is 59.8 Å². The molecule has 0 radical (unpaired) electrons. The average molecular weight is 800 g/mol. The Hall–Kier alpha value is -3.70. The first-order valence-corrected chi connectivity index (χ1v) is 21.4. The summed E-state index contributed by atoms with van der Waals surface area (Å²) in [5.74, 6) is 0.417. The van der Waals surface area contributed by atoms with Crippen LogP contribution in [0, 0.1) is 22.7 Å². The van der Waals surface area contributed by atoms with E-state index in [1.165, 1.54) is 112 Å². The molecule has 17 heteroatoms. The lowest BCUT2D eigenvalue weighted by Gasteiger charge is -2.24. The number of pyridine rings is 1. The monoisotopic (exact) mass is 799 g/mol. The van der Waals surface area contributed by atoms with Gasteiger partial charge in [-0.3, -0.25) is 9.05 Å². The van der Waals surface area contributed by atoms with Crippen LogP contribution in [0.5, 0.6) is 5.75 Å². The highest BCUT2D eigenvalue weighted by atomic mass is 31.2. The third kappa shape index (κ3) is 13.5. The minimum Gasteiger partial charge on any atom is -0.484 e. The SMILES string of the molecule is CCCCCCCCCCCCCCCCCCOC[C@H](COP(=O)(O)OC[C@H]1O[C@@](C#N)(c2ccc3c(N)ncnn23)[C@H](O)[C@@H]1O)Oc1ccc(C#N)nc1. The van der Waals surface area contributed by atoms with Crippen molar-refractivity contribution in [1.82, 2.24) is 19.6 Å². The molecule has 4 rings (SSSR count). The van der Waals surface area contributed by atoms with Gasteiger partial charge in [-0.15, -0.1) is 0 Å². The van der Waals surface area contributed by atoms with E-state index < -0.39 is 51.1 Å². The molecule has 0 aliphatic carbocycles. The minimum absolute atomic E-state index is 0.0272. The predicted molar refractivity (Wildman–Crippen MR) is 207 cm³/mol. The number of nitriles is 2. The smallest absolute Gasteiger partial charge is 0.472 e. The largest absolute Gasteiger partial charge is 0.484 e. The number of fused-ring (bicyclic) bond motifs is 1. The number of rotatable bonds is 28. The standard InChI is InChI=1S/C39H58N7O9P/c1-2-3-4-5-6-7-8-9-10-11-12-13-14-15-16-17-22-51-25-32(54-31-19-18-30(23-40)43-24-31)26-52-56(49,50)53-27-34-36(47)37(48)39(28-41,55-34)35-21-20-33-38(42)44-29-45-46(33)35/h18-21,24,29,32,34,36-37,47-48H,2-17,22,25-27H2,1H3,(H,49,50)(H2,42,44,45)/t32-,34-,36-,37-,39+/m1/s1. The predicted octanol–water partition coefficient (Wildman–Crippen LogP) is 6.28. The second kappa shape index (κ2) is 23.5. The average Bonchev–Trinajstić information content (AvgIpc) is 3.75. The van der Waals surface area contributed by atoms with Gasteiger partial charge in [-0.2, -0.15) is 15.6 Å². The molecular weight excluding hydrogens is 741 g/mol. The van der Waals surface area contributed by atoms with Crippen LogP contribution in [0.1, 0.15) is 121 Å². The molecular formula is C39H58N7O9P. The van der Waals surface area contributed by atoms with Gasteiger partial charge < -0.3 is 35.1 Å². The molecule has 0 aromatic carbocycles. The van der Waals surface area contributed by atoms with Crippen molar-refractivity contribution in [1.29, 1.82) is 10.5 Å². The zero-order valence-corrected chi connectivity index (χ0v) is 33.3. The lowest BCUT2D eigenvalue weighted by Crippen LogP contribution is -2.41. The van der Waals surface area contributed by atoms with Crippen LogP contribution in [0.2, 0.25) is 0 Å². The van der Waals surface area contributed by atoms with E-state index in [4.69, 9.17) is 34.3 Å². The van der Waals surface area contributed by atoms with Gasteiger partial charge in [0.25, 0.3) is 0 Å². The zero-order valence-electron chi connectivity index (χ0n) is 32.4. The number of nitrogens with zero attached hydrogens (tertiary/aromatic N) is 6. The van der Waals surface area contributed by atoms with Crippen molar-refractivity contribution >= 4 is 19.2 Å². The van der Waals surface area contributed by atoms with Crippen LogP contribution < -0.4 is 10.5 Å². The van der Waals surface area contributed by atoms with Gasteiger partial charge in [0.2, 0.25) is 5.60 Å². The Morgan fingerprint density at radius 1 is 0.911 bits per heavy atom. The molecule has 6 atom stereocenters. The quantitative estimate of drug-likeness (QED) is 0.0467. The fourth-order valence-electron chi connectivity index (χ4n) is 6.72. The Bertz CT molecular complexity index is 1730. The van der Waals surface area contributed by atoms with Crippen LogP contribution in [0.3, 0.4) is 0 Å². The molecule has 4 heterocycles. The van der Waals surface area contributed by atoms with Crippen LogP contribution >= 0.6 is 7.82 Å². The Morgan fingerprint density at radius 2 is 1.55 bits per heavy atom. The number of phosphoric ester groups is 1. The van der Waals surface area contributed by atoms with E-state index in [-0.39, 0.29) is 23.8 Å². The third-order valence-electron chi connectivity index (χ3n) is 9.91. The highest BCUT2D eigenvalue weighted by Crippen LogP contribution is 2.46. The summed E-state index contributed by atoms with van der Waals surface area (Å²) in [6.45, 7) is 1.61. The van der Waals surface area contributed by atoms with Crippen molar-refractivity contribution in [3.63, 3.8) is 0 Å². The van der Waals surface area contributed by atoms with E-state index >= 15 is 0 Å². The minimum atomic E-state index is -4.79. The van der Waals surface area contributed by atoms with Gasteiger partial charge in [0, 0.05) is 6.61 Å². The number of ether oxygens (including phenoxy) is 3. The number of aliphatic hydroxyl groups is 2. The van der Waals surface area contributed by atoms with E-state index in [1.807, 2.05) is 12.1 Å². The second-order valence-corrected chi connectivity index (χ2v) is 15.7. The highest BCUT2D eigenvalue weighted by molar-refractivity contribution is 7.47. The molecule has 1 saturated heterocycles. The van der Waals surface area contributed by atoms with Crippen molar-refractivity contribution in [2.75, 3.05) is 32.2 Å². The lowest BCUT2D eigenvalue weighted by atomic mass is 9.92. The number of hydrogen-bond donors (Lipinski definition) is 4. The van der Waals surface area contributed by atoms with Gasteiger partial charge in [-0.1, -0.05) is 103 Å². The molecule has 0 saturated carbocycles. The van der Waals surface area contributed by atoms with Crippen molar-refractivity contribution in [3.8, 4) is 17.9 Å². The Morgan fingerprint density at radius 3 is 2.14 bits per heavy atom. The zero-order chi connectivity index (χ0) is 40.2. The Labute approximate surface area is 329 Å². The summed E-state index contributed by atoms with van der Waals surface area (Å²) in [6, 6.07) is 9.84. The van der Waals surface area contributed by atoms with E-state index in [2.05, 4.69) is 22.0 Å².